The molecule has 0 aromatic carbocycles. The summed E-state index contributed by atoms with van der Waals surface area (Å²) in [6.45, 7) is 6.19. The van der Waals surface area contributed by atoms with Gasteiger partial charge in [-0.15, -0.1) is 0 Å². The summed E-state index contributed by atoms with van der Waals surface area (Å²) in [5.41, 5.74) is 5.24. The topological polar surface area (TPSA) is 101 Å². The van der Waals surface area contributed by atoms with E-state index in [1.807, 2.05) is 0 Å². The normalized spacial score (nSPS) is 13.1. The maximum Gasteiger partial charge on any atom is 0.306 e. The molecule has 0 fully saturated rings. The summed E-state index contributed by atoms with van der Waals surface area (Å²) in [6, 6.07) is 0. The van der Waals surface area contributed by atoms with Crippen LogP contribution in [0.1, 0.15) is 59.3 Å². The summed E-state index contributed by atoms with van der Waals surface area (Å²) < 4.78 is 0. The van der Waals surface area contributed by atoms with Gasteiger partial charge in [0.05, 0.1) is 11.8 Å². The quantitative estimate of drug-likeness (QED) is 0.562. The fraction of sp³-hybridized carbons (Fsp3) is 0.857. The van der Waals surface area contributed by atoms with Gasteiger partial charge in [0, 0.05) is 0 Å². The van der Waals surface area contributed by atoms with Gasteiger partial charge in [-0.05, 0) is 25.8 Å². The van der Waals surface area contributed by atoms with E-state index in [0.29, 0.717) is 6.54 Å². The minimum Gasteiger partial charge on any atom is -0.481 e. The first kappa shape index (κ1) is 20.2. The van der Waals surface area contributed by atoms with E-state index < -0.39 is 11.9 Å². The maximum atomic E-state index is 10.3. The van der Waals surface area contributed by atoms with Crippen molar-refractivity contribution in [1.29, 1.82) is 0 Å². The number of hydrogen-bond donors (Lipinski definition) is 3. The van der Waals surface area contributed by atoms with Crippen molar-refractivity contribution in [2.24, 2.45) is 17.6 Å². The Morgan fingerprint density at radius 1 is 0.947 bits per heavy atom. The van der Waals surface area contributed by atoms with Crippen molar-refractivity contribution in [3.8, 4) is 0 Å². The third kappa shape index (κ3) is 14.8. The molecule has 0 spiro atoms. The monoisotopic (exact) mass is 275 g/mol. The van der Waals surface area contributed by atoms with E-state index in [9.17, 15) is 9.59 Å². The highest BCUT2D eigenvalue weighted by molar-refractivity contribution is 5.69. The SMILES string of the molecule is CC(CCCCN)C(=O)O.CCCCC(C)C(=O)O. The molecule has 0 bridgehead atoms. The molecule has 114 valence electrons. The third-order valence-corrected chi connectivity index (χ3v) is 2.93. The largest absolute Gasteiger partial charge is 0.481 e. The Morgan fingerprint density at radius 3 is 1.68 bits per heavy atom. The lowest BCUT2D eigenvalue weighted by Gasteiger charge is -2.03. The third-order valence-electron chi connectivity index (χ3n) is 2.93. The molecule has 4 N–H and O–H groups in total. The van der Waals surface area contributed by atoms with Gasteiger partial charge in [0.25, 0.3) is 0 Å². The summed E-state index contributed by atoms with van der Waals surface area (Å²) >= 11 is 0. The van der Waals surface area contributed by atoms with Crippen molar-refractivity contribution in [2.75, 3.05) is 6.54 Å². The van der Waals surface area contributed by atoms with Crippen molar-refractivity contribution in [2.45, 2.75) is 59.3 Å². The molecule has 0 aromatic rings. The molecule has 0 rings (SSSR count). The Hall–Kier alpha value is -1.10. The van der Waals surface area contributed by atoms with Crippen molar-refractivity contribution < 1.29 is 19.8 Å². The van der Waals surface area contributed by atoms with E-state index in [-0.39, 0.29) is 11.8 Å². The first-order valence-electron chi connectivity index (χ1n) is 7.02. The Kier molecular flexibility index (Phi) is 14.2. The predicted molar refractivity (Wildman–Crippen MR) is 76.0 cm³/mol. The van der Waals surface area contributed by atoms with Crippen LogP contribution in [0.4, 0.5) is 0 Å². The smallest absolute Gasteiger partial charge is 0.306 e. The molecular weight excluding hydrogens is 246 g/mol. The minimum absolute atomic E-state index is 0.162. The van der Waals surface area contributed by atoms with Crippen LogP contribution in [0.3, 0.4) is 0 Å². The molecule has 0 saturated heterocycles. The van der Waals surface area contributed by atoms with Gasteiger partial charge in [-0.3, -0.25) is 9.59 Å². The van der Waals surface area contributed by atoms with Crippen LogP contribution in [0.5, 0.6) is 0 Å². The second kappa shape index (κ2) is 13.3. The maximum absolute atomic E-state index is 10.3. The number of rotatable bonds is 9. The van der Waals surface area contributed by atoms with Gasteiger partial charge in [-0.1, -0.05) is 40.0 Å². The van der Waals surface area contributed by atoms with E-state index in [2.05, 4.69) is 6.92 Å². The zero-order valence-corrected chi connectivity index (χ0v) is 12.4. The van der Waals surface area contributed by atoms with Crippen LogP contribution in [0.25, 0.3) is 0 Å². The Balaban J connectivity index is 0. The van der Waals surface area contributed by atoms with E-state index in [1.54, 1.807) is 13.8 Å². The second-order valence-electron chi connectivity index (χ2n) is 4.91. The molecule has 0 aromatic heterocycles. The van der Waals surface area contributed by atoms with E-state index in [1.165, 1.54) is 0 Å². The molecule has 0 heterocycles. The van der Waals surface area contributed by atoms with Gasteiger partial charge in [0.2, 0.25) is 0 Å². The van der Waals surface area contributed by atoms with Gasteiger partial charge in [0.15, 0.2) is 0 Å². The molecular formula is C14H29NO4. The van der Waals surface area contributed by atoms with Crippen LogP contribution in [0.15, 0.2) is 0 Å². The summed E-state index contributed by atoms with van der Waals surface area (Å²) in [4.78, 5) is 20.5. The van der Waals surface area contributed by atoms with Crippen LogP contribution in [0.2, 0.25) is 0 Å². The van der Waals surface area contributed by atoms with Crippen LogP contribution in [-0.4, -0.2) is 28.7 Å². The number of unbranched alkanes of at least 4 members (excludes halogenated alkanes) is 2. The average Bonchev–Trinajstić information content (AvgIpc) is 2.36. The summed E-state index contributed by atoms with van der Waals surface area (Å²) in [6.07, 6.45) is 5.50. The Morgan fingerprint density at radius 2 is 1.37 bits per heavy atom. The molecule has 5 nitrogen and oxygen atoms in total. The lowest BCUT2D eigenvalue weighted by Crippen LogP contribution is -2.09. The molecule has 0 amide bonds. The number of carbonyl (C=O) groups is 2. The number of hydrogen-bond acceptors (Lipinski definition) is 3. The number of aliphatic carboxylic acids is 2. The number of carboxylic acid groups (broad SMARTS) is 2. The van der Waals surface area contributed by atoms with Crippen LogP contribution >= 0.6 is 0 Å². The molecule has 0 aliphatic rings. The van der Waals surface area contributed by atoms with Crippen LogP contribution < -0.4 is 5.73 Å². The zero-order chi connectivity index (χ0) is 15.3. The summed E-state index contributed by atoms with van der Waals surface area (Å²) in [7, 11) is 0. The zero-order valence-electron chi connectivity index (χ0n) is 12.4. The molecule has 0 radical (unpaired) electrons. The first-order valence-corrected chi connectivity index (χ1v) is 7.02. The molecule has 2 atom stereocenters. The number of carboxylic acids is 2. The van der Waals surface area contributed by atoms with Gasteiger partial charge in [-0.25, -0.2) is 0 Å². The number of nitrogens with two attached hydrogens (primary N) is 1. The fourth-order valence-electron chi connectivity index (χ4n) is 1.35. The predicted octanol–water partition coefficient (Wildman–Crippen LogP) is 2.73. The highest BCUT2D eigenvalue weighted by atomic mass is 16.4. The lowest BCUT2D eigenvalue weighted by atomic mass is 10.1. The van der Waals surface area contributed by atoms with Gasteiger partial charge in [0.1, 0.15) is 0 Å². The molecule has 0 aliphatic heterocycles. The standard InChI is InChI=1S/C7H15NO2.C7H14O2/c1-6(7(9)10)4-2-3-5-8;1-3-4-5-6(2)7(8)9/h6H,2-5,8H2,1H3,(H,9,10);6H,3-5H2,1-2H3,(H,8,9). The summed E-state index contributed by atoms with van der Waals surface area (Å²) in [5.74, 6) is -1.77. The molecule has 2 unspecified atom stereocenters. The van der Waals surface area contributed by atoms with Crippen molar-refractivity contribution in [3.05, 3.63) is 0 Å². The van der Waals surface area contributed by atoms with Gasteiger partial charge in [-0.2, -0.15) is 0 Å². The van der Waals surface area contributed by atoms with Crippen molar-refractivity contribution >= 4 is 11.9 Å². The second-order valence-corrected chi connectivity index (χ2v) is 4.91. The van der Waals surface area contributed by atoms with Crippen LogP contribution in [0, 0.1) is 11.8 Å². The Labute approximate surface area is 116 Å². The highest BCUT2D eigenvalue weighted by Gasteiger charge is 2.09. The molecule has 5 heteroatoms. The van der Waals surface area contributed by atoms with Gasteiger partial charge >= 0.3 is 11.9 Å². The van der Waals surface area contributed by atoms with Crippen LogP contribution in [-0.2, 0) is 9.59 Å². The summed E-state index contributed by atoms with van der Waals surface area (Å²) in [5, 5.41) is 16.9. The highest BCUT2D eigenvalue weighted by Crippen LogP contribution is 2.07. The average molecular weight is 275 g/mol. The molecule has 19 heavy (non-hydrogen) atoms. The van der Waals surface area contributed by atoms with E-state index >= 15 is 0 Å². The fourth-order valence-corrected chi connectivity index (χ4v) is 1.35. The van der Waals surface area contributed by atoms with Crippen molar-refractivity contribution in [3.63, 3.8) is 0 Å². The lowest BCUT2D eigenvalue weighted by molar-refractivity contribution is -0.142. The van der Waals surface area contributed by atoms with E-state index in [4.69, 9.17) is 15.9 Å². The first-order chi connectivity index (χ1) is 8.86. The Bertz CT molecular complexity index is 244. The van der Waals surface area contributed by atoms with E-state index in [0.717, 1.165) is 38.5 Å². The van der Waals surface area contributed by atoms with Crippen molar-refractivity contribution in [1.82, 2.24) is 0 Å². The molecule has 0 aliphatic carbocycles. The molecule has 0 saturated carbocycles. The van der Waals surface area contributed by atoms with Gasteiger partial charge < -0.3 is 15.9 Å². The minimum atomic E-state index is -0.711.